The molecule has 3 aromatic rings. The van der Waals surface area contributed by atoms with E-state index in [1.165, 1.54) is 16.9 Å². The van der Waals surface area contributed by atoms with Gasteiger partial charge in [-0.25, -0.2) is 14.5 Å². The summed E-state index contributed by atoms with van der Waals surface area (Å²) in [5.74, 6) is -0.358. The van der Waals surface area contributed by atoms with Gasteiger partial charge in [-0.3, -0.25) is 4.98 Å². The van der Waals surface area contributed by atoms with Crippen LogP contribution in [0.3, 0.4) is 0 Å². The predicted octanol–water partition coefficient (Wildman–Crippen LogP) is 3.78. The Kier molecular flexibility index (Phi) is 5.72. The van der Waals surface area contributed by atoms with E-state index in [1.807, 2.05) is 12.1 Å². The average molecular weight is 390 g/mol. The van der Waals surface area contributed by atoms with Crippen LogP contribution < -0.4 is 0 Å². The van der Waals surface area contributed by atoms with E-state index in [1.54, 1.807) is 19.3 Å². The minimum Gasteiger partial charge on any atom is -0.462 e. The molecular formula is C19H17F3N4O2. The molecule has 0 aliphatic heterocycles. The number of carbonyl (C=O) groups is 1. The lowest BCUT2D eigenvalue weighted by molar-refractivity contribution is -0.137. The van der Waals surface area contributed by atoms with Gasteiger partial charge < -0.3 is 4.74 Å². The summed E-state index contributed by atoms with van der Waals surface area (Å²) < 4.78 is 44.5. The highest BCUT2D eigenvalue weighted by Crippen LogP contribution is 2.28. The van der Waals surface area contributed by atoms with Crippen LogP contribution in [0.15, 0.2) is 49.1 Å². The standard InChI is InChI=1S/C19H17F3N4O2/c1-13-16(18(27)28-9-3-5-14-4-2-8-23-10-14)12-25-26(13)17-7-6-15(11-24-17)19(20,21)22/h2,4,6-8,10-12H,3,5,9H2,1H3. The molecule has 0 amide bonds. The number of halogens is 3. The molecule has 0 fully saturated rings. The third kappa shape index (κ3) is 4.54. The van der Waals surface area contributed by atoms with E-state index in [-0.39, 0.29) is 18.0 Å². The molecule has 0 aromatic carbocycles. The molecule has 28 heavy (non-hydrogen) atoms. The molecule has 0 aliphatic rings. The molecule has 6 nitrogen and oxygen atoms in total. The summed E-state index contributed by atoms with van der Waals surface area (Å²) in [5.41, 5.74) is 0.873. The Morgan fingerprint density at radius 1 is 1.18 bits per heavy atom. The number of carbonyl (C=O) groups excluding carboxylic acids is 1. The molecular weight excluding hydrogens is 373 g/mol. The Hall–Kier alpha value is -3.23. The van der Waals surface area contributed by atoms with Gasteiger partial charge in [0.25, 0.3) is 0 Å². The van der Waals surface area contributed by atoms with Crippen molar-refractivity contribution in [2.24, 2.45) is 0 Å². The molecule has 0 spiro atoms. The number of esters is 1. The molecule has 9 heteroatoms. The first-order chi connectivity index (χ1) is 13.4. The lowest BCUT2D eigenvalue weighted by Gasteiger charge is -2.08. The summed E-state index contributed by atoms with van der Waals surface area (Å²) in [6.45, 7) is 1.86. The van der Waals surface area contributed by atoms with E-state index in [2.05, 4.69) is 15.1 Å². The van der Waals surface area contributed by atoms with Gasteiger partial charge in [0.05, 0.1) is 24.1 Å². The van der Waals surface area contributed by atoms with Crippen LogP contribution in [-0.2, 0) is 17.3 Å². The van der Waals surface area contributed by atoms with Crippen LogP contribution in [0.1, 0.15) is 33.6 Å². The van der Waals surface area contributed by atoms with Gasteiger partial charge in [0.2, 0.25) is 0 Å². The van der Waals surface area contributed by atoms with Crippen molar-refractivity contribution in [3.8, 4) is 5.82 Å². The van der Waals surface area contributed by atoms with Crippen LogP contribution in [0, 0.1) is 6.92 Å². The molecule has 0 N–H and O–H groups in total. The van der Waals surface area contributed by atoms with Gasteiger partial charge in [0.15, 0.2) is 5.82 Å². The molecule has 3 heterocycles. The minimum atomic E-state index is -4.46. The van der Waals surface area contributed by atoms with Crippen molar-refractivity contribution in [2.45, 2.75) is 25.9 Å². The first-order valence-electron chi connectivity index (χ1n) is 8.50. The molecule has 146 valence electrons. The number of aryl methyl sites for hydroxylation is 1. The maximum absolute atomic E-state index is 12.6. The van der Waals surface area contributed by atoms with E-state index < -0.39 is 17.7 Å². The van der Waals surface area contributed by atoms with Crippen molar-refractivity contribution in [1.29, 1.82) is 0 Å². The summed E-state index contributed by atoms with van der Waals surface area (Å²) in [4.78, 5) is 20.1. The van der Waals surface area contributed by atoms with Gasteiger partial charge in [-0.15, -0.1) is 0 Å². The second kappa shape index (κ2) is 8.20. The fourth-order valence-corrected chi connectivity index (χ4v) is 2.58. The van der Waals surface area contributed by atoms with Gasteiger partial charge in [-0.05, 0) is 43.5 Å². The number of rotatable bonds is 6. The number of hydrogen-bond acceptors (Lipinski definition) is 5. The first-order valence-corrected chi connectivity index (χ1v) is 8.50. The van der Waals surface area contributed by atoms with E-state index >= 15 is 0 Å². The zero-order chi connectivity index (χ0) is 20.1. The number of aromatic nitrogens is 4. The summed E-state index contributed by atoms with van der Waals surface area (Å²) in [7, 11) is 0. The summed E-state index contributed by atoms with van der Waals surface area (Å²) in [6, 6.07) is 5.90. The average Bonchev–Trinajstić information content (AvgIpc) is 3.07. The van der Waals surface area contributed by atoms with Crippen molar-refractivity contribution < 1.29 is 22.7 Å². The monoisotopic (exact) mass is 390 g/mol. The maximum atomic E-state index is 12.6. The highest BCUT2D eigenvalue weighted by atomic mass is 19.4. The normalized spacial score (nSPS) is 11.4. The quantitative estimate of drug-likeness (QED) is 0.473. The summed E-state index contributed by atoms with van der Waals surface area (Å²) >= 11 is 0. The highest BCUT2D eigenvalue weighted by molar-refractivity contribution is 5.90. The Labute approximate surface area is 159 Å². The van der Waals surface area contributed by atoms with Crippen LogP contribution in [0.4, 0.5) is 13.2 Å². The zero-order valence-electron chi connectivity index (χ0n) is 15.0. The fourth-order valence-electron chi connectivity index (χ4n) is 2.58. The molecule has 0 bridgehead atoms. The third-order valence-electron chi connectivity index (χ3n) is 4.09. The van der Waals surface area contributed by atoms with E-state index in [0.29, 0.717) is 12.1 Å². The lowest BCUT2D eigenvalue weighted by Crippen LogP contribution is -2.10. The minimum absolute atomic E-state index is 0.182. The fraction of sp³-hybridized carbons (Fsp3) is 0.263. The molecule has 0 radical (unpaired) electrons. The Morgan fingerprint density at radius 2 is 2.00 bits per heavy atom. The number of nitrogens with zero attached hydrogens (tertiary/aromatic N) is 4. The molecule has 0 aliphatic carbocycles. The van der Waals surface area contributed by atoms with Gasteiger partial charge in [-0.2, -0.15) is 18.3 Å². The van der Waals surface area contributed by atoms with Crippen molar-refractivity contribution in [1.82, 2.24) is 19.7 Å². The van der Waals surface area contributed by atoms with Crippen molar-refractivity contribution in [2.75, 3.05) is 6.61 Å². The molecule has 0 saturated heterocycles. The molecule has 0 unspecified atom stereocenters. The topological polar surface area (TPSA) is 69.9 Å². The predicted molar refractivity (Wildman–Crippen MR) is 93.9 cm³/mol. The van der Waals surface area contributed by atoms with Crippen LogP contribution in [0.5, 0.6) is 0 Å². The van der Waals surface area contributed by atoms with Gasteiger partial charge >= 0.3 is 12.1 Å². The number of alkyl halides is 3. The van der Waals surface area contributed by atoms with E-state index in [4.69, 9.17) is 4.74 Å². The van der Waals surface area contributed by atoms with Crippen molar-refractivity contribution in [3.63, 3.8) is 0 Å². The summed E-state index contributed by atoms with van der Waals surface area (Å²) in [6.07, 6.45) is 2.41. The Morgan fingerprint density at radius 3 is 2.64 bits per heavy atom. The van der Waals surface area contributed by atoms with Crippen molar-refractivity contribution in [3.05, 3.63) is 71.4 Å². The largest absolute Gasteiger partial charge is 0.462 e. The first kappa shape index (κ1) is 19.5. The second-order valence-electron chi connectivity index (χ2n) is 6.06. The molecule has 3 rings (SSSR count). The third-order valence-corrected chi connectivity index (χ3v) is 4.09. The lowest BCUT2D eigenvalue weighted by atomic mass is 10.2. The van der Waals surface area contributed by atoms with E-state index in [0.717, 1.165) is 24.2 Å². The zero-order valence-corrected chi connectivity index (χ0v) is 15.0. The van der Waals surface area contributed by atoms with Gasteiger partial charge in [-0.1, -0.05) is 6.07 Å². The smallest absolute Gasteiger partial charge is 0.417 e. The van der Waals surface area contributed by atoms with Crippen LogP contribution in [0.25, 0.3) is 5.82 Å². The second-order valence-corrected chi connectivity index (χ2v) is 6.06. The number of pyridine rings is 2. The van der Waals surface area contributed by atoms with Crippen LogP contribution >= 0.6 is 0 Å². The van der Waals surface area contributed by atoms with Crippen molar-refractivity contribution >= 4 is 5.97 Å². The van der Waals surface area contributed by atoms with Gasteiger partial charge in [0.1, 0.15) is 5.56 Å². The Balaban J connectivity index is 1.61. The van der Waals surface area contributed by atoms with Gasteiger partial charge in [0, 0.05) is 18.6 Å². The van der Waals surface area contributed by atoms with Crippen LogP contribution in [-0.4, -0.2) is 32.3 Å². The highest BCUT2D eigenvalue weighted by Gasteiger charge is 2.30. The molecule has 0 saturated carbocycles. The SMILES string of the molecule is Cc1c(C(=O)OCCCc2cccnc2)cnn1-c1ccc(C(F)(F)F)cn1. The maximum Gasteiger partial charge on any atom is 0.417 e. The molecule has 3 aromatic heterocycles. The van der Waals surface area contributed by atoms with E-state index in [9.17, 15) is 18.0 Å². The summed E-state index contributed by atoms with van der Waals surface area (Å²) in [5, 5.41) is 4.04. The Bertz CT molecular complexity index is 938. The van der Waals surface area contributed by atoms with Crippen LogP contribution in [0.2, 0.25) is 0 Å². The number of ether oxygens (including phenoxy) is 1. The number of hydrogen-bond donors (Lipinski definition) is 0. The molecule has 0 atom stereocenters.